The predicted octanol–water partition coefficient (Wildman–Crippen LogP) is 4.48. The van der Waals surface area contributed by atoms with Gasteiger partial charge in [-0.3, -0.25) is 9.59 Å². The van der Waals surface area contributed by atoms with Gasteiger partial charge in [-0.1, -0.05) is 29.3 Å². The van der Waals surface area contributed by atoms with E-state index in [1.54, 1.807) is 42.3 Å². The first-order valence-electron chi connectivity index (χ1n) is 7.71. The highest BCUT2D eigenvalue weighted by atomic mass is 35.5. The molecular weight excluding hydrogens is 397 g/mol. The van der Waals surface area contributed by atoms with Crippen molar-refractivity contribution in [1.82, 2.24) is 0 Å². The van der Waals surface area contributed by atoms with E-state index in [1.807, 2.05) is 6.07 Å². The number of thioether (sulfide) groups is 1. The number of nitrogens with zero attached hydrogens (tertiary/aromatic N) is 1. The fourth-order valence-electron chi connectivity index (χ4n) is 2.70. The molecule has 0 aromatic heterocycles. The van der Waals surface area contributed by atoms with Crippen LogP contribution >= 0.6 is 35.0 Å². The Morgan fingerprint density at radius 3 is 2.65 bits per heavy atom. The summed E-state index contributed by atoms with van der Waals surface area (Å²) in [6.07, 6.45) is -0.243. The Morgan fingerprint density at radius 1 is 1.23 bits per heavy atom. The molecule has 3 rings (SSSR count). The number of carbonyl (C=O) groups is 2. The van der Waals surface area contributed by atoms with Crippen LogP contribution in [0.5, 0.6) is 5.75 Å². The Labute approximate surface area is 164 Å². The molecule has 1 heterocycles. The lowest BCUT2D eigenvalue weighted by molar-refractivity contribution is -0.138. The highest BCUT2D eigenvalue weighted by molar-refractivity contribution is 8.01. The van der Waals surface area contributed by atoms with Gasteiger partial charge < -0.3 is 14.7 Å². The minimum absolute atomic E-state index is 0.243. The van der Waals surface area contributed by atoms with Crippen LogP contribution in [0.3, 0.4) is 0 Å². The fraction of sp³-hybridized carbons (Fsp3) is 0.222. The number of fused-ring (bicyclic) bond motifs is 1. The molecule has 0 fully saturated rings. The van der Waals surface area contributed by atoms with Crippen LogP contribution in [0, 0.1) is 0 Å². The summed E-state index contributed by atoms with van der Waals surface area (Å²) in [6, 6.07) is 10.6. The molecule has 0 radical (unpaired) electrons. The van der Waals surface area contributed by atoms with E-state index in [9.17, 15) is 9.59 Å². The molecule has 136 valence electrons. The number of rotatable bonds is 5. The SMILES string of the molecule is COc1ccc2c(c1)N(Cc1ccc(Cl)c(Cl)c1)C(=O)C(CC(=O)O)S2. The molecule has 1 aliphatic heterocycles. The number of carbonyl (C=O) groups excluding carboxylic acids is 1. The highest BCUT2D eigenvalue weighted by Crippen LogP contribution is 2.43. The first-order chi connectivity index (χ1) is 12.4. The summed E-state index contributed by atoms with van der Waals surface area (Å²) in [7, 11) is 1.55. The molecule has 2 aromatic rings. The quantitative estimate of drug-likeness (QED) is 0.784. The van der Waals surface area contributed by atoms with Gasteiger partial charge in [0.05, 0.1) is 41.1 Å². The topological polar surface area (TPSA) is 66.8 Å². The van der Waals surface area contributed by atoms with Crippen molar-refractivity contribution in [1.29, 1.82) is 0 Å². The zero-order chi connectivity index (χ0) is 18.8. The Morgan fingerprint density at radius 2 is 2.00 bits per heavy atom. The standard InChI is InChI=1S/C18H15Cl2NO4S/c1-25-11-3-5-15-14(7-11)21(18(24)16(26-15)8-17(22)23)9-10-2-4-12(19)13(20)6-10/h2-7,16H,8-9H2,1H3,(H,22,23). The number of hydrogen-bond acceptors (Lipinski definition) is 4. The maximum Gasteiger partial charge on any atom is 0.305 e. The van der Waals surface area contributed by atoms with Gasteiger partial charge in [0.15, 0.2) is 0 Å². The summed E-state index contributed by atoms with van der Waals surface area (Å²) < 4.78 is 5.26. The van der Waals surface area contributed by atoms with Gasteiger partial charge in [-0.15, -0.1) is 11.8 Å². The average molecular weight is 412 g/mol. The van der Waals surface area contributed by atoms with E-state index in [0.29, 0.717) is 21.5 Å². The van der Waals surface area contributed by atoms with E-state index in [0.717, 1.165) is 10.5 Å². The molecule has 0 spiro atoms. The van der Waals surface area contributed by atoms with Crippen LogP contribution in [0.15, 0.2) is 41.3 Å². The highest BCUT2D eigenvalue weighted by Gasteiger charge is 2.35. The maximum absolute atomic E-state index is 12.9. The molecule has 0 bridgehead atoms. The Hall–Kier alpha value is -1.89. The van der Waals surface area contributed by atoms with Crippen molar-refractivity contribution in [3.8, 4) is 5.75 Å². The van der Waals surface area contributed by atoms with Crippen LogP contribution in [0.25, 0.3) is 0 Å². The van der Waals surface area contributed by atoms with Gasteiger partial charge in [-0.2, -0.15) is 0 Å². The summed E-state index contributed by atoms with van der Waals surface area (Å²) in [6.45, 7) is 0.257. The second-order valence-corrected chi connectivity index (χ2v) is 7.77. The van der Waals surface area contributed by atoms with Gasteiger partial charge in [-0.05, 0) is 29.8 Å². The third kappa shape index (κ3) is 3.92. The third-order valence-electron chi connectivity index (χ3n) is 3.95. The molecule has 2 aromatic carbocycles. The smallest absolute Gasteiger partial charge is 0.305 e. The summed E-state index contributed by atoms with van der Waals surface area (Å²) in [5.41, 5.74) is 1.48. The molecule has 0 saturated heterocycles. The molecule has 1 unspecified atom stereocenters. The Kier molecular flexibility index (Phi) is 5.65. The van der Waals surface area contributed by atoms with Gasteiger partial charge in [0.1, 0.15) is 5.75 Å². The molecule has 1 aliphatic rings. The van der Waals surface area contributed by atoms with E-state index >= 15 is 0 Å². The zero-order valence-corrected chi connectivity index (χ0v) is 16.1. The molecule has 0 aliphatic carbocycles. The van der Waals surface area contributed by atoms with Crippen LogP contribution in [0.1, 0.15) is 12.0 Å². The number of carboxylic acid groups (broad SMARTS) is 1. The maximum atomic E-state index is 12.9. The van der Waals surface area contributed by atoms with Crippen LogP contribution in [-0.4, -0.2) is 29.3 Å². The molecule has 1 N–H and O–H groups in total. The van der Waals surface area contributed by atoms with Crippen molar-refractivity contribution in [3.63, 3.8) is 0 Å². The molecule has 5 nitrogen and oxygen atoms in total. The van der Waals surface area contributed by atoms with Crippen LogP contribution in [0.2, 0.25) is 10.0 Å². The minimum atomic E-state index is -1.01. The van der Waals surface area contributed by atoms with Crippen molar-refractivity contribution in [2.45, 2.75) is 23.1 Å². The van der Waals surface area contributed by atoms with E-state index in [2.05, 4.69) is 0 Å². The predicted molar refractivity (Wildman–Crippen MR) is 103 cm³/mol. The second-order valence-electron chi connectivity index (χ2n) is 5.71. The number of halogens is 2. The first-order valence-corrected chi connectivity index (χ1v) is 9.34. The van der Waals surface area contributed by atoms with Gasteiger partial charge >= 0.3 is 5.97 Å². The molecule has 1 atom stereocenters. The van der Waals surface area contributed by atoms with Crippen molar-refractivity contribution in [2.24, 2.45) is 0 Å². The minimum Gasteiger partial charge on any atom is -0.497 e. The summed E-state index contributed by atoms with van der Waals surface area (Å²) in [4.78, 5) is 26.5. The van der Waals surface area contributed by atoms with Crippen molar-refractivity contribution >= 4 is 52.5 Å². The van der Waals surface area contributed by atoms with Crippen LogP contribution < -0.4 is 9.64 Å². The molecular formula is C18H15Cl2NO4S. The van der Waals surface area contributed by atoms with Crippen molar-refractivity contribution in [3.05, 3.63) is 52.0 Å². The van der Waals surface area contributed by atoms with Crippen LogP contribution in [-0.2, 0) is 16.1 Å². The lowest BCUT2D eigenvalue weighted by Gasteiger charge is -2.33. The van der Waals surface area contributed by atoms with Crippen molar-refractivity contribution in [2.75, 3.05) is 12.0 Å². The Balaban J connectivity index is 2.00. The normalized spacial score (nSPS) is 16.3. The molecule has 8 heteroatoms. The fourth-order valence-corrected chi connectivity index (χ4v) is 4.22. The van der Waals surface area contributed by atoms with Crippen molar-refractivity contribution < 1.29 is 19.4 Å². The second kappa shape index (κ2) is 7.78. The summed E-state index contributed by atoms with van der Waals surface area (Å²) in [5, 5.41) is 9.27. The summed E-state index contributed by atoms with van der Waals surface area (Å²) >= 11 is 13.3. The van der Waals surface area contributed by atoms with E-state index in [1.165, 1.54) is 11.8 Å². The van der Waals surface area contributed by atoms with Gasteiger partial charge in [0.25, 0.3) is 0 Å². The lowest BCUT2D eigenvalue weighted by Crippen LogP contribution is -2.41. The van der Waals surface area contributed by atoms with Crippen LogP contribution in [0.4, 0.5) is 5.69 Å². The number of carboxylic acids is 1. The lowest BCUT2D eigenvalue weighted by atomic mass is 10.1. The van der Waals surface area contributed by atoms with Gasteiger partial charge in [0.2, 0.25) is 5.91 Å². The van der Waals surface area contributed by atoms with E-state index in [4.69, 9.17) is 33.0 Å². The molecule has 1 amide bonds. The number of anilines is 1. The van der Waals surface area contributed by atoms with E-state index in [-0.39, 0.29) is 18.9 Å². The molecule has 26 heavy (non-hydrogen) atoms. The number of amides is 1. The number of ether oxygens (including phenoxy) is 1. The third-order valence-corrected chi connectivity index (χ3v) is 5.94. The monoisotopic (exact) mass is 411 g/mol. The summed E-state index contributed by atoms with van der Waals surface area (Å²) in [5.74, 6) is -0.653. The first kappa shape index (κ1) is 18.9. The zero-order valence-electron chi connectivity index (χ0n) is 13.7. The average Bonchev–Trinajstić information content (AvgIpc) is 2.61. The number of benzene rings is 2. The van der Waals surface area contributed by atoms with E-state index < -0.39 is 11.2 Å². The number of hydrogen-bond donors (Lipinski definition) is 1. The number of aliphatic carboxylic acids is 1. The van der Waals surface area contributed by atoms with Gasteiger partial charge in [-0.25, -0.2) is 0 Å². The van der Waals surface area contributed by atoms with Gasteiger partial charge in [0, 0.05) is 11.0 Å². The Bertz CT molecular complexity index is 874. The molecule has 0 saturated carbocycles. The number of methoxy groups -OCH3 is 1. The largest absolute Gasteiger partial charge is 0.497 e.